The zero-order chi connectivity index (χ0) is 20.5. The monoisotopic (exact) mass is 394 g/mol. The summed E-state index contributed by atoms with van der Waals surface area (Å²) in [4.78, 5) is 25.1. The minimum absolute atomic E-state index is 0.0238. The van der Waals surface area contributed by atoms with Crippen LogP contribution in [0.3, 0.4) is 0 Å². The first kappa shape index (κ1) is 23.3. The van der Waals surface area contributed by atoms with Crippen molar-refractivity contribution < 1.29 is 13.8 Å². The van der Waals surface area contributed by atoms with Crippen LogP contribution in [0.4, 0.5) is 4.79 Å². The highest BCUT2D eigenvalue weighted by molar-refractivity contribution is 7.96. The molecule has 0 saturated carbocycles. The normalized spacial score (nSPS) is 16.1. The van der Waals surface area contributed by atoms with Crippen molar-refractivity contribution in [2.75, 3.05) is 20.1 Å². The highest BCUT2D eigenvalue weighted by Gasteiger charge is 2.29. The molecular formula is C21H34N2O3S. The van der Waals surface area contributed by atoms with Gasteiger partial charge in [-0.2, -0.15) is 0 Å². The third kappa shape index (κ3) is 9.18. The van der Waals surface area contributed by atoms with Crippen molar-refractivity contribution in [1.29, 1.82) is 0 Å². The second kappa shape index (κ2) is 10.6. The van der Waals surface area contributed by atoms with Crippen molar-refractivity contribution in [1.82, 2.24) is 10.2 Å². The van der Waals surface area contributed by atoms with Crippen LogP contribution in [0.15, 0.2) is 36.0 Å². The molecule has 1 aliphatic rings. The zero-order valence-corrected chi connectivity index (χ0v) is 18.3. The molecule has 0 heterocycles. The largest absolute Gasteiger partial charge is 0.421 e. The lowest BCUT2D eigenvalue weighted by molar-refractivity contribution is -0.119. The summed E-state index contributed by atoms with van der Waals surface area (Å²) in [6, 6.07) is 0. The van der Waals surface area contributed by atoms with E-state index in [9.17, 15) is 9.59 Å². The van der Waals surface area contributed by atoms with Crippen molar-refractivity contribution in [3.8, 4) is 0 Å². The standard InChI is InChI=1S/C21H34N2O3S/c1-17(24)22-15-13-21(5,18-11-9-7-8-10-12-18)14-16-23(6)19(25)26-27-20(2,3)4/h7-9,11-12H,10,13-16H2,1-6H3,(H,22,24). The average molecular weight is 395 g/mol. The maximum absolute atomic E-state index is 12.2. The van der Waals surface area contributed by atoms with Crippen LogP contribution in [-0.2, 0) is 8.98 Å². The maximum atomic E-state index is 12.2. The summed E-state index contributed by atoms with van der Waals surface area (Å²) < 4.78 is 5.19. The summed E-state index contributed by atoms with van der Waals surface area (Å²) in [6.07, 6.45) is 12.7. The fourth-order valence-electron chi connectivity index (χ4n) is 2.69. The molecule has 1 rings (SSSR count). The molecule has 1 aliphatic carbocycles. The lowest BCUT2D eigenvalue weighted by Gasteiger charge is -2.33. The second-order valence-electron chi connectivity index (χ2n) is 8.19. The van der Waals surface area contributed by atoms with Gasteiger partial charge in [0.15, 0.2) is 0 Å². The van der Waals surface area contributed by atoms with Gasteiger partial charge in [-0.3, -0.25) is 4.79 Å². The van der Waals surface area contributed by atoms with Gasteiger partial charge >= 0.3 is 6.09 Å². The number of carbonyl (C=O) groups excluding carboxylic acids is 2. The first-order valence-corrected chi connectivity index (χ1v) is 10.2. The van der Waals surface area contributed by atoms with Crippen LogP contribution in [0.2, 0.25) is 0 Å². The second-order valence-corrected chi connectivity index (χ2v) is 9.75. The SMILES string of the molecule is CC(=O)NCCC(C)(CCN(C)C(=O)OSC(C)(C)C)C1=CCC=CC=C1. The molecule has 0 aromatic carbocycles. The molecule has 0 aromatic rings. The molecule has 0 aliphatic heterocycles. The quantitative estimate of drug-likeness (QED) is 0.597. The Hall–Kier alpha value is -1.69. The van der Waals surface area contributed by atoms with E-state index in [0.29, 0.717) is 13.1 Å². The summed E-state index contributed by atoms with van der Waals surface area (Å²) in [6.45, 7) is 10.9. The molecule has 6 heteroatoms. The number of rotatable bonds is 8. The number of nitrogens with one attached hydrogen (secondary N) is 1. The van der Waals surface area contributed by atoms with Crippen molar-refractivity contribution >= 4 is 24.0 Å². The van der Waals surface area contributed by atoms with Crippen LogP contribution in [0.5, 0.6) is 0 Å². The van der Waals surface area contributed by atoms with Gasteiger partial charge in [-0.25, -0.2) is 4.79 Å². The Morgan fingerprint density at radius 1 is 1.22 bits per heavy atom. The average Bonchev–Trinajstić information content (AvgIpc) is 2.86. The van der Waals surface area contributed by atoms with E-state index >= 15 is 0 Å². The minimum atomic E-state index is -0.328. The summed E-state index contributed by atoms with van der Waals surface area (Å²) in [5, 5.41) is 2.89. The van der Waals surface area contributed by atoms with Gasteiger partial charge in [0.1, 0.15) is 0 Å². The molecule has 1 atom stereocenters. The van der Waals surface area contributed by atoms with Crippen LogP contribution < -0.4 is 5.32 Å². The highest BCUT2D eigenvalue weighted by atomic mass is 32.2. The highest BCUT2D eigenvalue weighted by Crippen LogP contribution is 2.37. The molecule has 2 amide bonds. The molecule has 0 radical (unpaired) electrons. The van der Waals surface area contributed by atoms with Crippen molar-refractivity contribution in [2.45, 2.75) is 58.6 Å². The van der Waals surface area contributed by atoms with Crippen molar-refractivity contribution in [2.24, 2.45) is 5.41 Å². The molecule has 1 unspecified atom stereocenters. The number of amides is 2. The lowest BCUT2D eigenvalue weighted by atomic mass is 9.75. The Bertz CT molecular complexity index is 605. The number of hydrogen-bond donors (Lipinski definition) is 1. The molecular weight excluding hydrogens is 360 g/mol. The fraction of sp³-hybridized carbons (Fsp3) is 0.619. The van der Waals surface area contributed by atoms with Crippen LogP contribution >= 0.6 is 12.0 Å². The molecule has 1 N–H and O–H groups in total. The van der Waals surface area contributed by atoms with Crippen LogP contribution in [0, 0.1) is 5.41 Å². The number of hydrogen-bond acceptors (Lipinski definition) is 4. The van der Waals surface area contributed by atoms with E-state index in [1.54, 1.807) is 11.9 Å². The first-order chi connectivity index (χ1) is 12.5. The summed E-state index contributed by atoms with van der Waals surface area (Å²) >= 11 is 1.18. The summed E-state index contributed by atoms with van der Waals surface area (Å²) in [5.41, 5.74) is 1.10. The smallest absolute Gasteiger partial charge is 0.374 e. The van der Waals surface area contributed by atoms with Gasteiger partial charge < -0.3 is 14.4 Å². The Kier molecular flexibility index (Phi) is 9.16. The summed E-state index contributed by atoms with van der Waals surface area (Å²) in [5.74, 6) is -0.0238. The van der Waals surface area contributed by atoms with E-state index in [0.717, 1.165) is 19.3 Å². The molecule has 0 aromatic heterocycles. The van der Waals surface area contributed by atoms with Crippen molar-refractivity contribution in [3.63, 3.8) is 0 Å². The van der Waals surface area contributed by atoms with E-state index in [4.69, 9.17) is 4.18 Å². The lowest BCUT2D eigenvalue weighted by Crippen LogP contribution is -2.34. The van der Waals surface area contributed by atoms with Gasteiger partial charge in [0, 0.05) is 31.8 Å². The minimum Gasteiger partial charge on any atom is -0.374 e. The van der Waals surface area contributed by atoms with Crippen LogP contribution in [-0.4, -0.2) is 41.8 Å². The van der Waals surface area contributed by atoms with Crippen molar-refractivity contribution in [3.05, 3.63) is 36.0 Å². The number of nitrogens with zero attached hydrogens (tertiary/aromatic N) is 1. The summed E-state index contributed by atoms with van der Waals surface area (Å²) in [7, 11) is 1.76. The molecule has 0 saturated heterocycles. The topological polar surface area (TPSA) is 58.6 Å². The van der Waals surface area contributed by atoms with E-state index < -0.39 is 0 Å². The van der Waals surface area contributed by atoms with Gasteiger partial charge in [-0.15, -0.1) is 0 Å². The van der Waals surface area contributed by atoms with Gasteiger partial charge in [0.2, 0.25) is 5.91 Å². The van der Waals surface area contributed by atoms with Gasteiger partial charge in [0.05, 0.1) is 12.0 Å². The van der Waals surface area contributed by atoms with Crippen LogP contribution in [0.25, 0.3) is 0 Å². The van der Waals surface area contributed by atoms with E-state index in [2.05, 4.69) is 30.5 Å². The Morgan fingerprint density at radius 2 is 1.93 bits per heavy atom. The Morgan fingerprint density at radius 3 is 2.56 bits per heavy atom. The zero-order valence-electron chi connectivity index (χ0n) is 17.5. The third-order valence-electron chi connectivity index (χ3n) is 4.42. The predicted octanol–water partition coefficient (Wildman–Crippen LogP) is 4.87. The van der Waals surface area contributed by atoms with Crippen LogP contribution in [0.1, 0.15) is 53.9 Å². The molecule has 5 nitrogen and oxygen atoms in total. The van der Waals surface area contributed by atoms with Gasteiger partial charge in [-0.05, 0) is 51.0 Å². The molecule has 27 heavy (non-hydrogen) atoms. The Balaban J connectivity index is 2.74. The predicted molar refractivity (Wildman–Crippen MR) is 113 cm³/mol. The van der Waals surface area contributed by atoms with E-state index in [1.807, 2.05) is 32.9 Å². The fourth-order valence-corrected chi connectivity index (χ4v) is 3.13. The number of allylic oxidation sites excluding steroid dienone is 6. The molecule has 0 fully saturated rings. The van der Waals surface area contributed by atoms with E-state index in [-0.39, 0.29) is 22.2 Å². The number of carbonyl (C=O) groups is 2. The third-order valence-corrected chi connectivity index (χ3v) is 5.14. The van der Waals surface area contributed by atoms with Gasteiger partial charge in [-0.1, -0.05) is 37.3 Å². The van der Waals surface area contributed by atoms with E-state index in [1.165, 1.54) is 24.5 Å². The van der Waals surface area contributed by atoms with Gasteiger partial charge in [0.25, 0.3) is 0 Å². The molecule has 0 spiro atoms. The Labute approximate surface area is 168 Å². The first-order valence-electron chi connectivity index (χ1n) is 9.42. The molecule has 0 bridgehead atoms. The molecule has 152 valence electrons. The maximum Gasteiger partial charge on any atom is 0.421 e.